The molecule has 0 unspecified atom stereocenters. The SMILES string of the molecule is Fc1cccc(CNCCc2ccc3c(c2)[nH]c2ccccc23)c1. The highest BCUT2D eigenvalue weighted by molar-refractivity contribution is 6.07. The third-order valence-electron chi connectivity index (χ3n) is 4.38. The van der Waals surface area contributed by atoms with E-state index in [1.807, 2.05) is 6.07 Å². The molecule has 0 saturated carbocycles. The molecule has 2 nitrogen and oxygen atoms in total. The van der Waals surface area contributed by atoms with Crippen LogP contribution in [0.2, 0.25) is 0 Å². The number of nitrogens with one attached hydrogen (secondary N) is 2. The molecule has 120 valence electrons. The van der Waals surface area contributed by atoms with Gasteiger partial charge in [-0.2, -0.15) is 0 Å². The number of rotatable bonds is 5. The summed E-state index contributed by atoms with van der Waals surface area (Å²) in [6, 6.07) is 21.7. The van der Waals surface area contributed by atoms with Crippen molar-refractivity contribution in [3.63, 3.8) is 0 Å². The number of hydrogen-bond acceptors (Lipinski definition) is 1. The van der Waals surface area contributed by atoms with Crippen molar-refractivity contribution in [3.8, 4) is 0 Å². The van der Waals surface area contributed by atoms with E-state index in [1.165, 1.54) is 33.4 Å². The van der Waals surface area contributed by atoms with Gasteiger partial charge in [0.1, 0.15) is 5.82 Å². The van der Waals surface area contributed by atoms with E-state index in [-0.39, 0.29) is 5.82 Å². The number of aromatic nitrogens is 1. The van der Waals surface area contributed by atoms with Gasteiger partial charge in [-0.25, -0.2) is 4.39 Å². The summed E-state index contributed by atoms with van der Waals surface area (Å²) >= 11 is 0. The topological polar surface area (TPSA) is 27.8 Å². The minimum atomic E-state index is -0.182. The second-order valence-corrected chi connectivity index (χ2v) is 6.11. The summed E-state index contributed by atoms with van der Waals surface area (Å²) < 4.78 is 13.1. The van der Waals surface area contributed by atoms with Crippen molar-refractivity contribution < 1.29 is 4.39 Å². The molecule has 2 N–H and O–H groups in total. The van der Waals surface area contributed by atoms with Gasteiger partial charge in [-0.05, 0) is 48.4 Å². The lowest BCUT2D eigenvalue weighted by Crippen LogP contribution is -2.16. The van der Waals surface area contributed by atoms with E-state index in [9.17, 15) is 4.39 Å². The summed E-state index contributed by atoms with van der Waals surface area (Å²) in [5, 5.41) is 5.91. The van der Waals surface area contributed by atoms with Gasteiger partial charge < -0.3 is 10.3 Å². The van der Waals surface area contributed by atoms with Crippen LogP contribution in [-0.4, -0.2) is 11.5 Å². The Kier molecular flexibility index (Phi) is 4.01. The maximum Gasteiger partial charge on any atom is 0.123 e. The lowest BCUT2D eigenvalue weighted by molar-refractivity contribution is 0.620. The largest absolute Gasteiger partial charge is 0.355 e. The maximum absolute atomic E-state index is 13.1. The van der Waals surface area contributed by atoms with E-state index in [0.29, 0.717) is 6.54 Å². The zero-order valence-corrected chi connectivity index (χ0v) is 13.4. The maximum atomic E-state index is 13.1. The summed E-state index contributed by atoms with van der Waals surface area (Å²) in [7, 11) is 0. The fraction of sp³-hybridized carbons (Fsp3) is 0.143. The first-order valence-electron chi connectivity index (χ1n) is 8.24. The number of aromatic amines is 1. The van der Waals surface area contributed by atoms with Gasteiger partial charge in [0.15, 0.2) is 0 Å². The second-order valence-electron chi connectivity index (χ2n) is 6.11. The van der Waals surface area contributed by atoms with E-state index in [1.54, 1.807) is 12.1 Å². The molecular formula is C21H19FN2. The fourth-order valence-corrected chi connectivity index (χ4v) is 3.17. The zero-order valence-electron chi connectivity index (χ0n) is 13.4. The van der Waals surface area contributed by atoms with Gasteiger partial charge in [0.2, 0.25) is 0 Å². The van der Waals surface area contributed by atoms with E-state index >= 15 is 0 Å². The highest BCUT2D eigenvalue weighted by atomic mass is 19.1. The Balaban J connectivity index is 1.42. The van der Waals surface area contributed by atoms with Gasteiger partial charge in [0.25, 0.3) is 0 Å². The molecule has 0 aliphatic heterocycles. The third kappa shape index (κ3) is 3.03. The highest BCUT2D eigenvalue weighted by Gasteiger charge is 2.04. The normalized spacial score (nSPS) is 11.4. The van der Waals surface area contributed by atoms with E-state index in [2.05, 4.69) is 52.8 Å². The molecular weight excluding hydrogens is 299 g/mol. The quantitative estimate of drug-likeness (QED) is 0.509. The van der Waals surface area contributed by atoms with Crippen molar-refractivity contribution >= 4 is 21.8 Å². The van der Waals surface area contributed by atoms with E-state index in [0.717, 1.165) is 18.5 Å². The van der Waals surface area contributed by atoms with Crippen LogP contribution < -0.4 is 5.32 Å². The first kappa shape index (κ1) is 14.9. The monoisotopic (exact) mass is 318 g/mol. The number of para-hydroxylation sites is 1. The predicted octanol–water partition coefficient (Wildman–Crippen LogP) is 4.79. The Labute approximate surface area is 140 Å². The molecule has 0 aliphatic rings. The van der Waals surface area contributed by atoms with Crippen LogP contribution in [0.1, 0.15) is 11.1 Å². The number of benzene rings is 3. The molecule has 0 saturated heterocycles. The smallest absolute Gasteiger partial charge is 0.123 e. The number of hydrogen-bond donors (Lipinski definition) is 2. The molecule has 0 atom stereocenters. The first-order valence-corrected chi connectivity index (χ1v) is 8.24. The van der Waals surface area contributed by atoms with E-state index in [4.69, 9.17) is 0 Å². The Morgan fingerprint density at radius 2 is 1.67 bits per heavy atom. The number of fused-ring (bicyclic) bond motifs is 3. The van der Waals surface area contributed by atoms with Gasteiger partial charge in [-0.15, -0.1) is 0 Å². The summed E-state index contributed by atoms with van der Waals surface area (Å²) in [6.45, 7) is 1.55. The minimum Gasteiger partial charge on any atom is -0.355 e. The Morgan fingerprint density at radius 1 is 0.792 bits per heavy atom. The van der Waals surface area contributed by atoms with Crippen molar-refractivity contribution in [3.05, 3.63) is 83.7 Å². The highest BCUT2D eigenvalue weighted by Crippen LogP contribution is 2.25. The van der Waals surface area contributed by atoms with Gasteiger partial charge >= 0.3 is 0 Å². The zero-order chi connectivity index (χ0) is 16.4. The molecule has 0 aliphatic carbocycles. The van der Waals surface area contributed by atoms with Crippen LogP contribution in [0.3, 0.4) is 0 Å². The molecule has 3 heteroatoms. The van der Waals surface area contributed by atoms with Crippen LogP contribution in [0, 0.1) is 5.82 Å². The minimum absolute atomic E-state index is 0.182. The van der Waals surface area contributed by atoms with Gasteiger partial charge in [-0.3, -0.25) is 0 Å². The van der Waals surface area contributed by atoms with Crippen LogP contribution in [0.25, 0.3) is 21.8 Å². The molecule has 4 rings (SSSR count). The van der Waals surface area contributed by atoms with Crippen molar-refractivity contribution in [1.82, 2.24) is 10.3 Å². The standard InChI is InChI=1S/C21H19FN2/c22-17-5-3-4-16(12-17)14-23-11-10-15-8-9-19-18-6-1-2-7-20(18)24-21(19)13-15/h1-9,12-13,23-24H,10-11,14H2. The molecule has 0 bridgehead atoms. The Morgan fingerprint density at radius 3 is 2.58 bits per heavy atom. The number of H-pyrrole nitrogens is 1. The van der Waals surface area contributed by atoms with Crippen LogP contribution in [-0.2, 0) is 13.0 Å². The number of halogens is 1. The molecule has 0 amide bonds. The van der Waals surface area contributed by atoms with Crippen LogP contribution in [0.5, 0.6) is 0 Å². The first-order chi connectivity index (χ1) is 11.8. The second kappa shape index (κ2) is 6.46. The van der Waals surface area contributed by atoms with Crippen LogP contribution >= 0.6 is 0 Å². The lowest BCUT2D eigenvalue weighted by atomic mass is 10.1. The molecule has 1 aromatic heterocycles. The lowest BCUT2D eigenvalue weighted by Gasteiger charge is -2.06. The van der Waals surface area contributed by atoms with E-state index < -0.39 is 0 Å². The van der Waals surface area contributed by atoms with Crippen LogP contribution in [0.15, 0.2) is 66.7 Å². The molecule has 0 radical (unpaired) electrons. The Hall–Kier alpha value is -2.65. The fourth-order valence-electron chi connectivity index (χ4n) is 3.17. The summed E-state index contributed by atoms with van der Waals surface area (Å²) in [6.07, 6.45) is 0.945. The Bertz CT molecular complexity index is 987. The van der Waals surface area contributed by atoms with Crippen molar-refractivity contribution in [1.29, 1.82) is 0 Å². The molecule has 24 heavy (non-hydrogen) atoms. The van der Waals surface area contributed by atoms with Crippen LogP contribution in [0.4, 0.5) is 4.39 Å². The van der Waals surface area contributed by atoms with Crippen molar-refractivity contribution in [2.75, 3.05) is 6.54 Å². The summed E-state index contributed by atoms with van der Waals surface area (Å²) in [5.41, 5.74) is 4.62. The van der Waals surface area contributed by atoms with Gasteiger partial charge in [0.05, 0.1) is 0 Å². The summed E-state index contributed by atoms with van der Waals surface area (Å²) in [4.78, 5) is 3.48. The molecule has 0 spiro atoms. The average molecular weight is 318 g/mol. The molecule has 4 aromatic rings. The average Bonchev–Trinajstić information content (AvgIpc) is 2.96. The summed E-state index contributed by atoms with van der Waals surface area (Å²) in [5.74, 6) is -0.182. The molecule has 1 heterocycles. The van der Waals surface area contributed by atoms with Gasteiger partial charge in [-0.1, -0.05) is 42.5 Å². The van der Waals surface area contributed by atoms with Gasteiger partial charge in [0, 0.05) is 28.4 Å². The molecule has 3 aromatic carbocycles. The van der Waals surface area contributed by atoms with Crippen molar-refractivity contribution in [2.24, 2.45) is 0 Å². The molecule has 0 fully saturated rings. The van der Waals surface area contributed by atoms with Crippen molar-refractivity contribution in [2.45, 2.75) is 13.0 Å². The predicted molar refractivity (Wildman–Crippen MR) is 97.6 cm³/mol. The third-order valence-corrected chi connectivity index (χ3v) is 4.38.